The second-order valence-corrected chi connectivity index (χ2v) is 6.28. The number of nitrogens with zero attached hydrogens (tertiary/aromatic N) is 4. The average Bonchev–Trinajstić information content (AvgIpc) is 3.02. The number of aryl methyl sites for hydroxylation is 1. The molecule has 0 bridgehead atoms. The molecule has 0 unspecified atom stereocenters. The molecule has 2 aromatic heterocycles. The van der Waals surface area contributed by atoms with Crippen molar-refractivity contribution in [3.8, 4) is 28.9 Å². The zero-order chi connectivity index (χ0) is 20.1. The number of rotatable bonds is 6. The van der Waals surface area contributed by atoms with Crippen molar-refractivity contribution in [3.63, 3.8) is 0 Å². The summed E-state index contributed by atoms with van der Waals surface area (Å²) < 4.78 is 6.48. The van der Waals surface area contributed by atoms with Crippen molar-refractivity contribution >= 4 is 5.97 Å². The first-order valence-electron chi connectivity index (χ1n) is 8.97. The third-order valence-electron chi connectivity index (χ3n) is 4.27. The van der Waals surface area contributed by atoms with Crippen molar-refractivity contribution in [2.24, 2.45) is 0 Å². The Hall–Kier alpha value is -3.66. The van der Waals surface area contributed by atoms with E-state index in [1.165, 1.54) is 10.9 Å². The molecular formula is C21H20N4O3. The van der Waals surface area contributed by atoms with E-state index in [4.69, 9.17) is 10.00 Å². The fourth-order valence-corrected chi connectivity index (χ4v) is 2.75. The minimum Gasteiger partial charge on any atom is -0.493 e. The van der Waals surface area contributed by atoms with Gasteiger partial charge in [0.05, 0.1) is 35.1 Å². The SMILES string of the molecule is CCCCOC(=O)c1ccc(-n2nc(C)c(-c3ccc(C#N)cc3)c2O)nc1. The minimum absolute atomic E-state index is 0.0621. The normalized spacial score (nSPS) is 10.5. The van der Waals surface area contributed by atoms with Crippen LogP contribution in [-0.2, 0) is 4.74 Å². The number of hydrogen-bond donors (Lipinski definition) is 1. The highest BCUT2D eigenvalue weighted by Crippen LogP contribution is 2.33. The van der Waals surface area contributed by atoms with Gasteiger partial charge in [0.15, 0.2) is 5.82 Å². The number of esters is 1. The molecule has 0 spiro atoms. The molecule has 3 rings (SSSR count). The molecule has 7 nitrogen and oxygen atoms in total. The highest BCUT2D eigenvalue weighted by Gasteiger charge is 2.18. The Morgan fingerprint density at radius 1 is 1.25 bits per heavy atom. The molecule has 0 saturated heterocycles. The zero-order valence-electron chi connectivity index (χ0n) is 15.7. The van der Waals surface area contributed by atoms with E-state index in [-0.39, 0.29) is 5.88 Å². The highest BCUT2D eigenvalue weighted by molar-refractivity contribution is 5.89. The van der Waals surface area contributed by atoms with Crippen LogP contribution in [0.2, 0.25) is 0 Å². The number of aromatic nitrogens is 3. The Labute approximate surface area is 162 Å². The van der Waals surface area contributed by atoms with Crippen LogP contribution in [0.15, 0.2) is 42.6 Å². The molecule has 0 atom stereocenters. The van der Waals surface area contributed by atoms with Crippen LogP contribution >= 0.6 is 0 Å². The van der Waals surface area contributed by atoms with E-state index in [1.807, 2.05) is 6.92 Å². The van der Waals surface area contributed by atoms with E-state index >= 15 is 0 Å². The molecule has 0 aliphatic carbocycles. The maximum absolute atomic E-state index is 12.0. The predicted molar refractivity (Wildman–Crippen MR) is 103 cm³/mol. The lowest BCUT2D eigenvalue weighted by Crippen LogP contribution is -2.08. The van der Waals surface area contributed by atoms with E-state index < -0.39 is 5.97 Å². The molecule has 0 amide bonds. The Morgan fingerprint density at radius 3 is 2.61 bits per heavy atom. The van der Waals surface area contributed by atoms with E-state index in [2.05, 4.69) is 16.2 Å². The van der Waals surface area contributed by atoms with Gasteiger partial charge in [0.25, 0.3) is 0 Å². The van der Waals surface area contributed by atoms with Crippen molar-refractivity contribution in [2.75, 3.05) is 6.61 Å². The van der Waals surface area contributed by atoms with Crippen LogP contribution in [0.5, 0.6) is 5.88 Å². The number of ether oxygens (including phenoxy) is 1. The summed E-state index contributed by atoms with van der Waals surface area (Å²) in [7, 11) is 0. The lowest BCUT2D eigenvalue weighted by molar-refractivity contribution is 0.0499. The molecule has 142 valence electrons. The van der Waals surface area contributed by atoms with Crippen LogP contribution in [0.25, 0.3) is 16.9 Å². The van der Waals surface area contributed by atoms with Crippen molar-refractivity contribution in [3.05, 3.63) is 59.4 Å². The Bertz CT molecular complexity index is 1020. The van der Waals surface area contributed by atoms with E-state index in [9.17, 15) is 9.90 Å². The summed E-state index contributed by atoms with van der Waals surface area (Å²) in [5, 5.41) is 24.0. The van der Waals surface area contributed by atoms with Gasteiger partial charge in [-0.05, 0) is 43.2 Å². The van der Waals surface area contributed by atoms with E-state index in [0.29, 0.717) is 34.8 Å². The molecule has 0 aliphatic heterocycles. The summed E-state index contributed by atoms with van der Waals surface area (Å²) in [6, 6.07) is 12.1. The second-order valence-electron chi connectivity index (χ2n) is 6.28. The predicted octanol–water partition coefficient (Wildman–Crippen LogP) is 3.78. The summed E-state index contributed by atoms with van der Waals surface area (Å²) >= 11 is 0. The number of pyridine rings is 1. The first-order valence-corrected chi connectivity index (χ1v) is 8.97. The van der Waals surface area contributed by atoms with Gasteiger partial charge < -0.3 is 9.84 Å². The maximum Gasteiger partial charge on any atom is 0.339 e. The van der Waals surface area contributed by atoms with Gasteiger partial charge in [-0.15, -0.1) is 0 Å². The number of nitriles is 1. The molecule has 7 heteroatoms. The number of benzene rings is 1. The molecule has 0 fully saturated rings. The Morgan fingerprint density at radius 2 is 2.00 bits per heavy atom. The van der Waals surface area contributed by atoms with Crippen LogP contribution in [-0.4, -0.2) is 32.4 Å². The number of carbonyl (C=O) groups excluding carboxylic acids is 1. The molecule has 1 aromatic carbocycles. The van der Waals surface area contributed by atoms with Crippen LogP contribution in [0, 0.1) is 18.3 Å². The van der Waals surface area contributed by atoms with Gasteiger partial charge in [0, 0.05) is 6.20 Å². The van der Waals surface area contributed by atoms with Crippen LogP contribution in [0.4, 0.5) is 0 Å². The molecule has 3 aromatic rings. The van der Waals surface area contributed by atoms with E-state index in [1.54, 1.807) is 43.3 Å². The zero-order valence-corrected chi connectivity index (χ0v) is 15.7. The largest absolute Gasteiger partial charge is 0.493 e. The summed E-state index contributed by atoms with van der Waals surface area (Å²) in [4.78, 5) is 16.2. The van der Waals surface area contributed by atoms with Crippen LogP contribution < -0.4 is 0 Å². The van der Waals surface area contributed by atoms with Crippen LogP contribution in [0.1, 0.15) is 41.4 Å². The average molecular weight is 376 g/mol. The summed E-state index contributed by atoms with van der Waals surface area (Å²) in [6.07, 6.45) is 3.17. The fourth-order valence-electron chi connectivity index (χ4n) is 2.75. The summed E-state index contributed by atoms with van der Waals surface area (Å²) in [6.45, 7) is 4.18. The van der Waals surface area contributed by atoms with Gasteiger partial charge in [-0.25, -0.2) is 9.78 Å². The first kappa shape index (κ1) is 19.1. The van der Waals surface area contributed by atoms with Gasteiger partial charge in [-0.2, -0.15) is 15.0 Å². The van der Waals surface area contributed by atoms with Crippen LogP contribution in [0.3, 0.4) is 0 Å². The molecule has 0 aliphatic rings. The lowest BCUT2D eigenvalue weighted by atomic mass is 10.0. The first-order chi connectivity index (χ1) is 13.5. The summed E-state index contributed by atoms with van der Waals surface area (Å²) in [5.74, 6) is -0.106. The van der Waals surface area contributed by atoms with Crippen molar-refractivity contribution in [2.45, 2.75) is 26.7 Å². The topological polar surface area (TPSA) is 101 Å². The molecule has 1 N–H and O–H groups in total. The third-order valence-corrected chi connectivity index (χ3v) is 4.27. The van der Waals surface area contributed by atoms with Crippen molar-refractivity contribution in [1.82, 2.24) is 14.8 Å². The van der Waals surface area contributed by atoms with Gasteiger partial charge in [-0.3, -0.25) is 0 Å². The molecule has 2 heterocycles. The second kappa shape index (κ2) is 8.35. The van der Waals surface area contributed by atoms with E-state index in [0.717, 1.165) is 18.4 Å². The monoisotopic (exact) mass is 376 g/mol. The number of unbranched alkanes of at least 4 members (excludes halogenated alkanes) is 1. The van der Waals surface area contributed by atoms with Crippen molar-refractivity contribution < 1.29 is 14.6 Å². The molecular weight excluding hydrogens is 356 g/mol. The standard InChI is InChI=1S/C21H20N4O3/c1-3-4-11-28-21(27)17-9-10-18(23-13-17)25-20(26)19(14(2)24-25)16-7-5-15(12-22)6-8-16/h5-10,13,26H,3-4,11H2,1-2H3. The fraction of sp³-hybridized carbons (Fsp3) is 0.238. The van der Waals surface area contributed by atoms with Gasteiger partial charge in [0.1, 0.15) is 0 Å². The van der Waals surface area contributed by atoms with Gasteiger partial charge in [0.2, 0.25) is 5.88 Å². The molecule has 0 radical (unpaired) electrons. The maximum atomic E-state index is 12.0. The summed E-state index contributed by atoms with van der Waals surface area (Å²) in [5.41, 5.74) is 2.81. The number of aromatic hydroxyl groups is 1. The number of hydrogen-bond acceptors (Lipinski definition) is 6. The van der Waals surface area contributed by atoms with Gasteiger partial charge in [-0.1, -0.05) is 25.5 Å². The highest BCUT2D eigenvalue weighted by atomic mass is 16.5. The molecule has 0 saturated carbocycles. The number of carbonyl (C=O) groups is 1. The molecule has 28 heavy (non-hydrogen) atoms. The lowest BCUT2D eigenvalue weighted by Gasteiger charge is -2.06. The van der Waals surface area contributed by atoms with Crippen molar-refractivity contribution in [1.29, 1.82) is 5.26 Å². The third kappa shape index (κ3) is 3.86. The Kier molecular flexibility index (Phi) is 5.70. The quantitative estimate of drug-likeness (QED) is 0.519. The Balaban J connectivity index is 1.86. The smallest absolute Gasteiger partial charge is 0.339 e. The minimum atomic E-state index is -0.424. The van der Waals surface area contributed by atoms with Gasteiger partial charge >= 0.3 is 5.97 Å².